The molecule has 1 atom stereocenters. The van der Waals surface area contributed by atoms with Crippen molar-refractivity contribution >= 4 is 39.2 Å². The lowest BCUT2D eigenvalue weighted by molar-refractivity contribution is -0.120. The number of benzene rings is 1. The first kappa shape index (κ1) is 19.3. The summed E-state index contributed by atoms with van der Waals surface area (Å²) >= 11 is 3.36. The van der Waals surface area contributed by atoms with E-state index in [0.29, 0.717) is 37.4 Å². The van der Waals surface area contributed by atoms with Crippen LogP contribution in [0.1, 0.15) is 12.8 Å². The van der Waals surface area contributed by atoms with Crippen molar-refractivity contribution in [1.82, 2.24) is 10.3 Å². The Bertz CT molecular complexity index is 764. The van der Waals surface area contributed by atoms with Gasteiger partial charge in [0.15, 0.2) is 0 Å². The highest BCUT2D eigenvalue weighted by atomic mass is 79.9. The number of anilines is 2. The number of urea groups is 1. The van der Waals surface area contributed by atoms with Gasteiger partial charge in [-0.25, -0.2) is 4.79 Å². The predicted molar refractivity (Wildman–Crippen MR) is 106 cm³/mol. The van der Waals surface area contributed by atoms with Crippen LogP contribution in [0.4, 0.5) is 16.2 Å². The van der Waals surface area contributed by atoms with Gasteiger partial charge in [0.1, 0.15) is 6.04 Å². The summed E-state index contributed by atoms with van der Waals surface area (Å²) in [5.41, 5.74) is 1.24. The summed E-state index contributed by atoms with van der Waals surface area (Å²) in [6.45, 7) is 1.16. The summed E-state index contributed by atoms with van der Waals surface area (Å²) in [6, 6.07) is 9.65. The van der Waals surface area contributed by atoms with Gasteiger partial charge in [-0.05, 0) is 55.2 Å². The van der Waals surface area contributed by atoms with Crippen LogP contribution in [0.5, 0.6) is 0 Å². The molecule has 142 valence electrons. The van der Waals surface area contributed by atoms with Crippen LogP contribution in [0.2, 0.25) is 0 Å². The molecule has 1 saturated heterocycles. The van der Waals surface area contributed by atoms with Crippen LogP contribution in [0.15, 0.2) is 53.3 Å². The van der Waals surface area contributed by atoms with E-state index in [1.165, 1.54) is 0 Å². The molecule has 0 radical (unpaired) electrons. The predicted octanol–water partition coefficient (Wildman–Crippen LogP) is 3.40. The van der Waals surface area contributed by atoms with Gasteiger partial charge in [0.25, 0.3) is 0 Å². The summed E-state index contributed by atoms with van der Waals surface area (Å²) < 4.78 is 6.31. The Balaban J connectivity index is 1.68. The fourth-order valence-electron chi connectivity index (χ4n) is 2.94. The number of nitrogens with zero attached hydrogens (tertiary/aromatic N) is 1. The molecule has 1 aromatic heterocycles. The number of carbonyl (C=O) groups is 2. The zero-order valence-electron chi connectivity index (χ0n) is 14.7. The van der Waals surface area contributed by atoms with E-state index in [1.807, 2.05) is 12.1 Å². The third-order valence-corrected chi connectivity index (χ3v) is 4.87. The molecular formula is C19H21BrN4O3. The Morgan fingerprint density at radius 1 is 1.07 bits per heavy atom. The number of hydrogen-bond donors (Lipinski definition) is 3. The number of rotatable bonds is 5. The molecule has 2 aromatic rings. The van der Waals surface area contributed by atoms with E-state index in [0.717, 1.165) is 4.47 Å². The van der Waals surface area contributed by atoms with E-state index in [1.54, 1.807) is 36.7 Å². The number of pyridine rings is 1. The largest absolute Gasteiger partial charge is 0.381 e. The zero-order valence-corrected chi connectivity index (χ0v) is 16.2. The summed E-state index contributed by atoms with van der Waals surface area (Å²) in [5, 5.41) is 8.41. The topological polar surface area (TPSA) is 92.4 Å². The minimum Gasteiger partial charge on any atom is -0.381 e. The van der Waals surface area contributed by atoms with E-state index < -0.39 is 12.1 Å². The Kier molecular flexibility index (Phi) is 6.78. The van der Waals surface area contributed by atoms with E-state index in [-0.39, 0.29) is 11.8 Å². The quantitative estimate of drug-likeness (QED) is 0.674. The Hall–Kier alpha value is -2.45. The number of aromatic nitrogens is 1. The fourth-order valence-corrected chi connectivity index (χ4v) is 3.21. The molecular weight excluding hydrogens is 412 g/mol. The van der Waals surface area contributed by atoms with Gasteiger partial charge < -0.3 is 20.7 Å². The van der Waals surface area contributed by atoms with Gasteiger partial charge in [0.05, 0.1) is 11.9 Å². The number of amides is 3. The molecule has 8 heteroatoms. The number of nitrogens with one attached hydrogen (secondary N) is 3. The summed E-state index contributed by atoms with van der Waals surface area (Å²) in [5.74, 6) is -0.257. The molecule has 7 nitrogen and oxygen atoms in total. The van der Waals surface area contributed by atoms with E-state index >= 15 is 0 Å². The lowest BCUT2D eigenvalue weighted by Gasteiger charge is -2.30. The van der Waals surface area contributed by atoms with Crippen LogP contribution in [-0.4, -0.2) is 36.2 Å². The monoisotopic (exact) mass is 432 g/mol. The van der Waals surface area contributed by atoms with Crippen molar-refractivity contribution in [1.29, 1.82) is 0 Å². The second-order valence-electron chi connectivity index (χ2n) is 6.26. The summed E-state index contributed by atoms with van der Waals surface area (Å²) in [4.78, 5) is 29.3. The standard InChI is InChI=1S/C19H21BrN4O3/c20-14-3-5-15(6-4-14)23-19(26)24-17(13-7-10-27-11-8-13)18(25)22-16-2-1-9-21-12-16/h1-6,9,12-13,17H,7-8,10-11H2,(H,22,25)(H2,23,24,26). The smallest absolute Gasteiger partial charge is 0.319 e. The van der Waals surface area contributed by atoms with Crippen molar-refractivity contribution in [3.05, 3.63) is 53.3 Å². The minimum absolute atomic E-state index is 0.00564. The molecule has 1 aromatic carbocycles. The molecule has 3 N–H and O–H groups in total. The number of carbonyl (C=O) groups excluding carboxylic acids is 2. The third-order valence-electron chi connectivity index (χ3n) is 4.34. The second kappa shape index (κ2) is 9.48. The van der Waals surface area contributed by atoms with Crippen molar-refractivity contribution in [2.75, 3.05) is 23.8 Å². The van der Waals surface area contributed by atoms with Gasteiger partial charge in [-0.1, -0.05) is 15.9 Å². The lowest BCUT2D eigenvalue weighted by Crippen LogP contribution is -2.51. The zero-order chi connectivity index (χ0) is 19.1. The molecule has 0 saturated carbocycles. The van der Waals surface area contributed by atoms with Crippen LogP contribution in [0, 0.1) is 5.92 Å². The highest BCUT2D eigenvalue weighted by Crippen LogP contribution is 2.21. The normalized spacial score (nSPS) is 15.6. The molecule has 0 spiro atoms. The third kappa shape index (κ3) is 5.77. The molecule has 27 heavy (non-hydrogen) atoms. The maximum atomic E-state index is 12.8. The van der Waals surface area contributed by atoms with Gasteiger partial charge in [0.2, 0.25) is 5.91 Å². The molecule has 0 bridgehead atoms. The van der Waals surface area contributed by atoms with Crippen molar-refractivity contribution < 1.29 is 14.3 Å². The Morgan fingerprint density at radius 3 is 2.48 bits per heavy atom. The van der Waals surface area contributed by atoms with Crippen LogP contribution in [0.3, 0.4) is 0 Å². The maximum Gasteiger partial charge on any atom is 0.319 e. The van der Waals surface area contributed by atoms with Crippen LogP contribution in [-0.2, 0) is 9.53 Å². The van der Waals surface area contributed by atoms with E-state index in [4.69, 9.17) is 4.74 Å². The minimum atomic E-state index is -0.662. The molecule has 3 rings (SSSR count). The number of halogens is 1. The van der Waals surface area contributed by atoms with Crippen molar-refractivity contribution in [3.63, 3.8) is 0 Å². The first-order valence-corrected chi connectivity index (χ1v) is 9.53. The van der Waals surface area contributed by atoms with Crippen LogP contribution >= 0.6 is 15.9 Å². The summed E-state index contributed by atoms with van der Waals surface area (Å²) in [6.07, 6.45) is 4.63. The maximum absolute atomic E-state index is 12.8. The molecule has 0 aliphatic carbocycles. The van der Waals surface area contributed by atoms with E-state index in [9.17, 15) is 9.59 Å². The molecule has 1 aliphatic heterocycles. The van der Waals surface area contributed by atoms with Gasteiger partial charge in [-0.3, -0.25) is 9.78 Å². The first-order valence-electron chi connectivity index (χ1n) is 8.73. The molecule has 2 heterocycles. The molecule has 3 amide bonds. The second-order valence-corrected chi connectivity index (χ2v) is 7.18. The fraction of sp³-hybridized carbons (Fsp3) is 0.316. The highest BCUT2D eigenvalue weighted by Gasteiger charge is 2.31. The SMILES string of the molecule is O=C(Nc1ccc(Br)cc1)NC(C(=O)Nc1cccnc1)C1CCOCC1. The Morgan fingerprint density at radius 2 is 1.81 bits per heavy atom. The number of hydrogen-bond acceptors (Lipinski definition) is 4. The average Bonchev–Trinajstić information content (AvgIpc) is 2.69. The van der Waals surface area contributed by atoms with Crippen molar-refractivity contribution in [3.8, 4) is 0 Å². The van der Waals surface area contributed by atoms with Gasteiger partial charge >= 0.3 is 6.03 Å². The van der Waals surface area contributed by atoms with Crippen molar-refractivity contribution in [2.45, 2.75) is 18.9 Å². The number of ether oxygens (including phenoxy) is 1. The van der Waals surface area contributed by atoms with Crippen molar-refractivity contribution in [2.24, 2.45) is 5.92 Å². The first-order chi connectivity index (χ1) is 13.1. The summed E-state index contributed by atoms with van der Waals surface area (Å²) in [7, 11) is 0. The molecule has 1 fully saturated rings. The van der Waals surface area contributed by atoms with Gasteiger partial charge in [0, 0.05) is 29.6 Å². The lowest BCUT2D eigenvalue weighted by atomic mass is 9.91. The average molecular weight is 433 g/mol. The van der Waals surface area contributed by atoms with Gasteiger partial charge in [-0.2, -0.15) is 0 Å². The molecule has 1 unspecified atom stereocenters. The van der Waals surface area contributed by atoms with Crippen LogP contribution < -0.4 is 16.0 Å². The highest BCUT2D eigenvalue weighted by molar-refractivity contribution is 9.10. The van der Waals surface area contributed by atoms with Gasteiger partial charge in [-0.15, -0.1) is 0 Å². The van der Waals surface area contributed by atoms with Crippen LogP contribution in [0.25, 0.3) is 0 Å². The Labute approximate surface area is 166 Å². The van der Waals surface area contributed by atoms with E-state index in [2.05, 4.69) is 36.9 Å². The molecule has 1 aliphatic rings.